The first kappa shape index (κ1) is 18.8. The van der Waals surface area contributed by atoms with Gasteiger partial charge in [0, 0.05) is 37.6 Å². The molecule has 0 spiro atoms. The molecule has 0 saturated heterocycles. The predicted molar refractivity (Wildman–Crippen MR) is 102 cm³/mol. The number of aromatic nitrogens is 1. The Balaban J connectivity index is 1.25. The summed E-state index contributed by atoms with van der Waals surface area (Å²) in [7, 11) is 0. The molecule has 0 bridgehead atoms. The van der Waals surface area contributed by atoms with E-state index in [0.717, 1.165) is 18.9 Å². The normalized spacial score (nSPS) is 22.5. The Morgan fingerprint density at radius 3 is 2.69 bits per heavy atom. The summed E-state index contributed by atoms with van der Waals surface area (Å²) in [5.74, 6) is 0.246. The summed E-state index contributed by atoms with van der Waals surface area (Å²) in [5.41, 5.74) is 3.87. The van der Waals surface area contributed by atoms with Crippen LogP contribution in [0.4, 0.5) is 8.78 Å². The van der Waals surface area contributed by atoms with E-state index in [1.165, 1.54) is 18.3 Å². The molecular weight excluding hydrogens is 376 g/mol. The number of nitriles is 1. The second-order valence-electron chi connectivity index (χ2n) is 7.12. The first-order chi connectivity index (χ1) is 14.1. The minimum absolute atomic E-state index is 0.0505. The van der Waals surface area contributed by atoms with Gasteiger partial charge in [-0.05, 0) is 29.5 Å². The van der Waals surface area contributed by atoms with Crippen LogP contribution in [0.5, 0.6) is 5.75 Å². The standard InChI is InChI=1S/C21H18F2N5O/c22-16-6-15(7-17(23)8-16)20-1-2-21(27-20)28-26-11-13-3-18(4-13)29-19-5-14(9-24)10-25-12-19/h5-8,10,12-13,18,20H,1-4H2,(H,27,28)/q+1/t13?,18?,20-/m0/s1. The number of amidine groups is 1. The van der Waals surface area contributed by atoms with Gasteiger partial charge >= 0.3 is 6.07 Å². The second kappa shape index (κ2) is 8.24. The lowest BCUT2D eigenvalue weighted by Crippen LogP contribution is -2.33. The van der Waals surface area contributed by atoms with Crippen LogP contribution in [0.15, 0.2) is 41.7 Å². The van der Waals surface area contributed by atoms with Gasteiger partial charge in [-0.1, -0.05) is 0 Å². The van der Waals surface area contributed by atoms with Crippen LogP contribution in [0.25, 0.3) is 4.95 Å². The highest BCUT2D eigenvalue weighted by Crippen LogP contribution is 2.31. The molecule has 4 rings (SSSR count). The lowest BCUT2D eigenvalue weighted by Gasteiger charge is -2.29. The van der Waals surface area contributed by atoms with Gasteiger partial charge in [0.1, 0.15) is 35.5 Å². The molecule has 1 aromatic heterocycles. The van der Waals surface area contributed by atoms with Crippen LogP contribution < -0.4 is 10.2 Å². The monoisotopic (exact) mass is 394 g/mol. The highest BCUT2D eigenvalue weighted by molar-refractivity contribution is 5.84. The number of halogens is 2. The maximum absolute atomic E-state index is 13.4. The number of hydrogen-bond acceptors (Lipinski definition) is 5. The van der Waals surface area contributed by atoms with Gasteiger partial charge in [-0.2, -0.15) is 5.26 Å². The topological polar surface area (TPSA) is 74.7 Å². The smallest absolute Gasteiger partial charge is 0.323 e. The Hall–Kier alpha value is -3.52. The van der Waals surface area contributed by atoms with Crippen molar-refractivity contribution in [1.82, 2.24) is 10.4 Å². The SMILES string of the molecule is N#Cc1cncc(OC2CC(C#[N+]NC3=N[C@H](c4cc(F)cc(F)c4)CC3)C2)c1. The summed E-state index contributed by atoms with van der Waals surface area (Å²) >= 11 is 0. The predicted octanol–water partition coefficient (Wildman–Crippen LogP) is 4.16. The van der Waals surface area contributed by atoms with Gasteiger partial charge < -0.3 is 4.74 Å². The molecule has 1 atom stereocenters. The van der Waals surface area contributed by atoms with E-state index in [1.807, 2.05) is 6.07 Å². The van der Waals surface area contributed by atoms with E-state index in [2.05, 4.69) is 26.4 Å². The van der Waals surface area contributed by atoms with Crippen LogP contribution in [-0.2, 0) is 0 Å². The van der Waals surface area contributed by atoms with E-state index in [1.54, 1.807) is 12.3 Å². The van der Waals surface area contributed by atoms with Crippen molar-refractivity contribution in [2.75, 3.05) is 0 Å². The molecular formula is C21H18F2N5O+. The molecule has 1 N–H and O–H groups in total. The van der Waals surface area contributed by atoms with Gasteiger partial charge in [0.25, 0.3) is 0 Å². The van der Waals surface area contributed by atoms with Crippen molar-refractivity contribution in [2.24, 2.45) is 10.9 Å². The average molecular weight is 394 g/mol. The lowest BCUT2D eigenvalue weighted by molar-refractivity contribution is 0.0896. The van der Waals surface area contributed by atoms with Crippen molar-refractivity contribution in [3.8, 4) is 17.9 Å². The quantitative estimate of drug-likeness (QED) is 0.794. The zero-order chi connectivity index (χ0) is 20.2. The first-order valence-corrected chi connectivity index (χ1v) is 9.35. The number of rotatable bonds is 3. The van der Waals surface area contributed by atoms with Crippen molar-refractivity contribution in [1.29, 1.82) is 5.26 Å². The van der Waals surface area contributed by atoms with Crippen LogP contribution >= 0.6 is 0 Å². The van der Waals surface area contributed by atoms with E-state index in [4.69, 9.17) is 10.00 Å². The Labute approximate surface area is 166 Å². The Morgan fingerprint density at radius 2 is 1.93 bits per heavy atom. The van der Waals surface area contributed by atoms with E-state index in [-0.39, 0.29) is 18.1 Å². The molecule has 2 heterocycles. The third kappa shape index (κ3) is 4.67. The van der Waals surface area contributed by atoms with Crippen molar-refractivity contribution >= 4 is 5.84 Å². The van der Waals surface area contributed by atoms with Crippen molar-refractivity contribution in [2.45, 2.75) is 37.8 Å². The molecule has 1 aliphatic carbocycles. The fourth-order valence-electron chi connectivity index (χ4n) is 3.38. The van der Waals surface area contributed by atoms with Gasteiger partial charge in [0.2, 0.25) is 0 Å². The zero-order valence-electron chi connectivity index (χ0n) is 15.5. The van der Waals surface area contributed by atoms with Gasteiger partial charge in [-0.3, -0.25) is 9.98 Å². The Bertz CT molecular complexity index is 1030. The Kier molecular flexibility index (Phi) is 5.35. The summed E-state index contributed by atoms with van der Waals surface area (Å²) in [5, 5.41) is 8.88. The molecule has 1 aliphatic heterocycles. The largest absolute Gasteiger partial charge is 0.489 e. The van der Waals surface area contributed by atoms with E-state index >= 15 is 0 Å². The maximum Gasteiger partial charge on any atom is 0.323 e. The molecule has 1 aromatic carbocycles. The van der Waals surface area contributed by atoms with Crippen LogP contribution in [0, 0.1) is 35.0 Å². The lowest BCUT2D eigenvalue weighted by atomic mass is 9.83. The average Bonchev–Trinajstić information content (AvgIpc) is 3.14. The molecule has 0 amide bonds. The molecule has 2 aliphatic rings. The van der Waals surface area contributed by atoms with E-state index in [0.29, 0.717) is 35.6 Å². The van der Waals surface area contributed by atoms with Crippen LogP contribution in [0.3, 0.4) is 0 Å². The number of pyridine rings is 1. The van der Waals surface area contributed by atoms with Crippen LogP contribution in [-0.4, -0.2) is 16.9 Å². The molecule has 1 saturated carbocycles. The summed E-state index contributed by atoms with van der Waals surface area (Å²) in [6.07, 6.45) is 6.02. The minimum atomic E-state index is -0.597. The molecule has 0 radical (unpaired) electrons. The molecule has 8 heteroatoms. The summed E-state index contributed by atoms with van der Waals surface area (Å²) in [6, 6.07) is 9.93. The molecule has 146 valence electrons. The number of nitrogens with zero attached hydrogens (tertiary/aromatic N) is 4. The van der Waals surface area contributed by atoms with Crippen molar-refractivity contribution < 1.29 is 13.5 Å². The summed E-state index contributed by atoms with van der Waals surface area (Å²) in [6.45, 7) is 0. The second-order valence-corrected chi connectivity index (χ2v) is 7.12. The number of aliphatic imine (C=N–C) groups is 1. The summed E-state index contributed by atoms with van der Waals surface area (Å²) in [4.78, 5) is 12.5. The van der Waals surface area contributed by atoms with Gasteiger partial charge in [-0.15, -0.1) is 0 Å². The molecule has 0 unspecified atom stereocenters. The number of hydrogen-bond donors (Lipinski definition) is 1. The summed E-state index contributed by atoms with van der Waals surface area (Å²) < 4.78 is 32.5. The third-order valence-electron chi connectivity index (χ3n) is 4.91. The van der Waals surface area contributed by atoms with Crippen molar-refractivity contribution in [3.63, 3.8) is 0 Å². The molecule has 6 nitrogen and oxygen atoms in total. The van der Waals surface area contributed by atoms with Crippen LogP contribution in [0.1, 0.15) is 42.9 Å². The number of nitrogens with one attached hydrogen (secondary N) is 1. The van der Waals surface area contributed by atoms with E-state index < -0.39 is 11.6 Å². The zero-order valence-corrected chi connectivity index (χ0v) is 15.5. The fraction of sp³-hybridized carbons (Fsp3) is 0.333. The van der Waals surface area contributed by atoms with Crippen molar-refractivity contribution in [3.05, 3.63) is 64.4 Å². The van der Waals surface area contributed by atoms with E-state index in [9.17, 15) is 8.78 Å². The third-order valence-corrected chi connectivity index (χ3v) is 4.91. The maximum atomic E-state index is 13.4. The minimum Gasteiger partial charge on any atom is -0.489 e. The number of ether oxygens (including phenoxy) is 1. The highest BCUT2D eigenvalue weighted by atomic mass is 19.1. The first-order valence-electron chi connectivity index (χ1n) is 9.35. The Morgan fingerprint density at radius 1 is 1.14 bits per heavy atom. The fourth-order valence-corrected chi connectivity index (χ4v) is 3.38. The van der Waals surface area contributed by atoms with Gasteiger partial charge in [0.05, 0.1) is 22.8 Å². The molecule has 29 heavy (non-hydrogen) atoms. The molecule has 1 fully saturated rings. The van der Waals surface area contributed by atoms with Crippen LogP contribution in [0.2, 0.25) is 0 Å². The highest BCUT2D eigenvalue weighted by Gasteiger charge is 2.34. The molecule has 2 aromatic rings. The number of benzene rings is 1. The van der Waals surface area contributed by atoms with Gasteiger partial charge in [0.15, 0.2) is 5.84 Å². The van der Waals surface area contributed by atoms with Gasteiger partial charge in [-0.25, -0.2) is 8.78 Å².